The number of methoxy groups -OCH3 is 1. The van der Waals surface area contributed by atoms with Crippen LogP contribution in [0, 0.1) is 0 Å². The lowest BCUT2D eigenvalue weighted by molar-refractivity contribution is 0.0895. The van der Waals surface area contributed by atoms with E-state index in [2.05, 4.69) is 5.32 Å². The molecule has 0 saturated heterocycles. The number of aliphatic hydroxyl groups is 1. The van der Waals surface area contributed by atoms with Crippen molar-refractivity contribution >= 4 is 5.91 Å². The third-order valence-corrected chi connectivity index (χ3v) is 3.33. The normalized spacial score (nSPS) is 12.1. The van der Waals surface area contributed by atoms with Crippen molar-refractivity contribution in [3.05, 3.63) is 59.5 Å². The van der Waals surface area contributed by atoms with Gasteiger partial charge in [0, 0.05) is 13.7 Å². The average molecular weight is 303 g/mol. The summed E-state index contributed by atoms with van der Waals surface area (Å²) in [6.07, 6.45) is 1.28. The highest BCUT2D eigenvalue weighted by Crippen LogP contribution is 2.19. The first-order chi connectivity index (χ1) is 10.7. The molecule has 1 atom stereocenters. The van der Waals surface area contributed by atoms with Gasteiger partial charge in [0.15, 0.2) is 5.76 Å². The van der Waals surface area contributed by atoms with E-state index in [1.165, 1.54) is 0 Å². The fourth-order valence-electron chi connectivity index (χ4n) is 2.25. The van der Waals surface area contributed by atoms with E-state index < -0.39 is 0 Å². The maximum Gasteiger partial charge on any atom is 0.287 e. The number of amides is 1. The van der Waals surface area contributed by atoms with Crippen LogP contribution in [0.1, 0.15) is 40.8 Å². The van der Waals surface area contributed by atoms with E-state index in [-0.39, 0.29) is 24.3 Å². The maximum absolute atomic E-state index is 12.3. The number of hydrogen-bond acceptors (Lipinski definition) is 4. The molecule has 1 heterocycles. The smallest absolute Gasteiger partial charge is 0.287 e. The van der Waals surface area contributed by atoms with Crippen LogP contribution >= 0.6 is 0 Å². The Kier molecular flexibility index (Phi) is 6.18. The summed E-state index contributed by atoms with van der Waals surface area (Å²) in [6.45, 7) is 0.428. The van der Waals surface area contributed by atoms with Crippen LogP contribution in [0.2, 0.25) is 0 Å². The van der Waals surface area contributed by atoms with Crippen molar-refractivity contribution in [2.75, 3.05) is 13.7 Å². The van der Waals surface area contributed by atoms with Crippen LogP contribution in [-0.4, -0.2) is 24.7 Å². The van der Waals surface area contributed by atoms with Crippen molar-refractivity contribution in [1.29, 1.82) is 0 Å². The van der Waals surface area contributed by atoms with Crippen molar-refractivity contribution in [3.8, 4) is 0 Å². The average Bonchev–Trinajstić information content (AvgIpc) is 3.01. The van der Waals surface area contributed by atoms with Crippen molar-refractivity contribution in [3.63, 3.8) is 0 Å². The molecule has 5 heteroatoms. The van der Waals surface area contributed by atoms with Gasteiger partial charge < -0.3 is 19.6 Å². The number of nitrogens with one attached hydrogen (secondary N) is 1. The largest absolute Gasteiger partial charge is 0.453 e. The lowest BCUT2D eigenvalue weighted by atomic mass is 10.0. The third-order valence-electron chi connectivity index (χ3n) is 3.33. The summed E-state index contributed by atoms with van der Waals surface area (Å²) in [7, 11) is 1.57. The fourth-order valence-corrected chi connectivity index (χ4v) is 2.25. The van der Waals surface area contributed by atoms with Gasteiger partial charge in [-0.05, 0) is 30.5 Å². The Hall–Kier alpha value is -2.11. The predicted octanol–water partition coefficient (Wildman–Crippen LogP) is 2.67. The minimum Gasteiger partial charge on any atom is -0.453 e. The van der Waals surface area contributed by atoms with Gasteiger partial charge in [-0.3, -0.25) is 4.79 Å². The molecule has 2 N–H and O–H groups in total. The Morgan fingerprint density at radius 3 is 2.73 bits per heavy atom. The van der Waals surface area contributed by atoms with Gasteiger partial charge in [0.25, 0.3) is 5.91 Å². The highest BCUT2D eigenvalue weighted by Gasteiger charge is 2.17. The maximum atomic E-state index is 12.3. The topological polar surface area (TPSA) is 71.7 Å². The monoisotopic (exact) mass is 303 g/mol. The van der Waals surface area contributed by atoms with Gasteiger partial charge in [-0.15, -0.1) is 0 Å². The molecule has 0 spiro atoms. The fraction of sp³-hybridized carbons (Fsp3) is 0.353. The second-order valence-electron chi connectivity index (χ2n) is 5.00. The minimum absolute atomic E-state index is 0.0952. The molecule has 2 rings (SSSR count). The predicted molar refractivity (Wildman–Crippen MR) is 82.4 cm³/mol. The van der Waals surface area contributed by atoms with E-state index in [9.17, 15) is 4.79 Å². The van der Waals surface area contributed by atoms with Crippen LogP contribution < -0.4 is 5.32 Å². The molecule has 0 bridgehead atoms. The number of rotatable bonds is 8. The molecular weight excluding hydrogens is 282 g/mol. The van der Waals surface area contributed by atoms with Gasteiger partial charge in [0.1, 0.15) is 12.4 Å². The number of benzene rings is 1. The number of ether oxygens (including phenoxy) is 1. The van der Waals surface area contributed by atoms with E-state index in [1.807, 2.05) is 30.3 Å². The quantitative estimate of drug-likeness (QED) is 0.786. The molecule has 1 amide bonds. The van der Waals surface area contributed by atoms with Gasteiger partial charge in [-0.1, -0.05) is 30.3 Å². The van der Waals surface area contributed by atoms with Gasteiger partial charge >= 0.3 is 0 Å². The molecule has 0 aliphatic rings. The Bertz CT molecular complexity index is 579. The molecule has 5 nitrogen and oxygen atoms in total. The Morgan fingerprint density at radius 1 is 1.27 bits per heavy atom. The number of furan rings is 1. The third kappa shape index (κ3) is 4.44. The summed E-state index contributed by atoms with van der Waals surface area (Å²) in [5.74, 6) is 0.602. The van der Waals surface area contributed by atoms with Crippen molar-refractivity contribution in [2.45, 2.75) is 25.5 Å². The number of carbonyl (C=O) groups excluding carboxylic acids is 1. The number of carbonyl (C=O) groups is 1. The second-order valence-corrected chi connectivity index (χ2v) is 5.00. The lowest BCUT2D eigenvalue weighted by Gasteiger charge is -2.18. The zero-order valence-electron chi connectivity index (χ0n) is 12.6. The highest BCUT2D eigenvalue weighted by molar-refractivity contribution is 5.91. The molecule has 0 radical (unpaired) electrons. The molecule has 0 aliphatic heterocycles. The summed E-state index contributed by atoms with van der Waals surface area (Å²) in [5, 5.41) is 12.0. The Labute approximate surface area is 129 Å². The molecule has 0 fully saturated rings. The van der Waals surface area contributed by atoms with E-state index >= 15 is 0 Å². The van der Waals surface area contributed by atoms with E-state index in [0.717, 1.165) is 5.56 Å². The van der Waals surface area contributed by atoms with Gasteiger partial charge in [-0.25, -0.2) is 0 Å². The van der Waals surface area contributed by atoms with Crippen LogP contribution in [0.5, 0.6) is 0 Å². The van der Waals surface area contributed by atoms with Gasteiger partial charge in [-0.2, -0.15) is 0 Å². The SMILES string of the molecule is COCc1ccc(C(=O)NC(CCCO)c2ccccc2)o1. The van der Waals surface area contributed by atoms with E-state index in [0.29, 0.717) is 25.2 Å². The molecule has 2 aromatic rings. The zero-order valence-corrected chi connectivity index (χ0v) is 12.6. The number of aliphatic hydroxyl groups excluding tert-OH is 1. The summed E-state index contributed by atoms with van der Waals surface area (Å²) < 4.78 is 10.4. The Balaban J connectivity index is 2.06. The second kappa shape index (κ2) is 8.36. The van der Waals surface area contributed by atoms with Crippen molar-refractivity contribution in [1.82, 2.24) is 5.32 Å². The van der Waals surface area contributed by atoms with Crippen LogP contribution in [0.25, 0.3) is 0 Å². The molecule has 1 aromatic heterocycles. The first-order valence-electron chi connectivity index (χ1n) is 7.29. The van der Waals surface area contributed by atoms with E-state index in [1.54, 1.807) is 19.2 Å². The molecule has 0 saturated carbocycles. The summed E-state index contributed by atoms with van der Waals surface area (Å²) in [4.78, 5) is 12.3. The highest BCUT2D eigenvalue weighted by atomic mass is 16.5. The summed E-state index contributed by atoms with van der Waals surface area (Å²) in [5.41, 5.74) is 1.01. The first-order valence-corrected chi connectivity index (χ1v) is 7.29. The molecular formula is C17H21NO4. The van der Waals surface area contributed by atoms with Crippen LogP contribution in [0.15, 0.2) is 46.9 Å². The molecule has 0 aliphatic carbocycles. The van der Waals surface area contributed by atoms with Crippen molar-refractivity contribution in [2.24, 2.45) is 0 Å². The molecule has 1 unspecified atom stereocenters. The van der Waals surface area contributed by atoms with Gasteiger partial charge in [0.2, 0.25) is 0 Å². The summed E-state index contributed by atoms with van der Waals surface area (Å²) in [6, 6.07) is 12.9. The Morgan fingerprint density at radius 2 is 2.05 bits per heavy atom. The molecule has 118 valence electrons. The lowest BCUT2D eigenvalue weighted by Crippen LogP contribution is -2.28. The van der Waals surface area contributed by atoms with E-state index in [4.69, 9.17) is 14.3 Å². The van der Waals surface area contributed by atoms with Crippen LogP contribution in [0.4, 0.5) is 0 Å². The van der Waals surface area contributed by atoms with Crippen molar-refractivity contribution < 1.29 is 19.1 Å². The molecule has 1 aromatic carbocycles. The summed E-state index contributed by atoms with van der Waals surface area (Å²) >= 11 is 0. The van der Waals surface area contributed by atoms with Gasteiger partial charge in [0.05, 0.1) is 6.04 Å². The minimum atomic E-state index is -0.269. The zero-order chi connectivity index (χ0) is 15.8. The van der Waals surface area contributed by atoms with Crippen LogP contribution in [0.3, 0.4) is 0 Å². The first kappa shape index (κ1) is 16.3. The number of hydrogen-bond donors (Lipinski definition) is 2. The van der Waals surface area contributed by atoms with Crippen LogP contribution in [-0.2, 0) is 11.3 Å². The molecule has 22 heavy (non-hydrogen) atoms. The standard InChI is InChI=1S/C17H21NO4/c1-21-12-14-9-10-16(22-14)17(20)18-15(8-5-11-19)13-6-3-2-4-7-13/h2-4,6-7,9-10,15,19H,5,8,11-12H2,1H3,(H,18,20).